The molecule has 0 saturated heterocycles. The van der Waals surface area contributed by atoms with E-state index in [1.165, 1.54) is 10.4 Å². The highest BCUT2D eigenvalue weighted by Crippen LogP contribution is 2.16. The van der Waals surface area contributed by atoms with E-state index in [0.29, 0.717) is 6.54 Å². The van der Waals surface area contributed by atoms with Crippen LogP contribution in [0.5, 0.6) is 0 Å². The number of aliphatic hydroxyl groups excluding tert-OH is 1. The highest BCUT2D eigenvalue weighted by Gasteiger charge is 2.07. The molecule has 4 heteroatoms. The van der Waals surface area contributed by atoms with E-state index in [1.54, 1.807) is 23.3 Å². The van der Waals surface area contributed by atoms with Gasteiger partial charge in [-0.25, -0.2) is 0 Å². The normalized spacial score (nSPS) is 10.2. The van der Waals surface area contributed by atoms with Crippen molar-refractivity contribution in [2.45, 2.75) is 13.3 Å². The molecule has 1 amide bonds. The minimum absolute atomic E-state index is 0.223. The molecule has 0 fully saturated rings. The molecule has 1 aromatic rings. The van der Waals surface area contributed by atoms with Gasteiger partial charge in [-0.15, -0.1) is 11.3 Å². The standard InChI is InChI=1S/C10H15NO2S/c1-8-4-6-14-9(8)3-5-11(2)10(13)7-12/h4,6,12H,3,5,7H2,1-2H3. The molecular formula is C10H15NO2S. The summed E-state index contributed by atoms with van der Waals surface area (Å²) in [4.78, 5) is 13.9. The van der Waals surface area contributed by atoms with Crippen LogP contribution in [-0.2, 0) is 11.2 Å². The lowest BCUT2D eigenvalue weighted by molar-refractivity contribution is -0.132. The Morgan fingerprint density at radius 2 is 2.36 bits per heavy atom. The third-order valence-corrected chi connectivity index (χ3v) is 3.29. The first-order chi connectivity index (χ1) is 6.65. The van der Waals surface area contributed by atoms with Crippen LogP contribution in [-0.4, -0.2) is 36.1 Å². The van der Waals surface area contributed by atoms with E-state index in [-0.39, 0.29) is 5.91 Å². The molecule has 3 nitrogen and oxygen atoms in total. The van der Waals surface area contributed by atoms with Gasteiger partial charge in [0.05, 0.1) is 0 Å². The lowest BCUT2D eigenvalue weighted by atomic mass is 10.2. The zero-order valence-electron chi connectivity index (χ0n) is 8.49. The molecule has 14 heavy (non-hydrogen) atoms. The molecule has 1 rings (SSSR count). The van der Waals surface area contributed by atoms with Gasteiger partial charge in [-0.3, -0.25) is 4.79 Å². The van der Waals surface area contributed by atoms with Gasteiger partial charge < -0.3 is 10.0 Å². The Morgan fingerprint density at radius 1 is 1.64 bits per heavy atom. The summed E-state index contributed by atoms with van der Waals surface area (Å²) in [5, 5.41) is 10.7. The molecule has 0 bridgehead atoms. The number of rotatable bonds is 4. The van der Waals surface area contributed by atoms with Crippen molar-refractivity contribution in [2.75, 3.05) is 20.2 Å². The van der Waals surface area contributed by atoms with Crippen LogP contribution in [0.15, 0.2) is 11.4 Å². The number of thiophene rings is 1. The van der Waals surface area contributed by atoms with E-state index in [1.807, 2.05) is 0 Å². The fourth-order valence-corrected chi connectivity index (χ4v) is 2.07. The van der Waals surface area contributed by atoms with E-state index in [2.05, 4.69) is 18.4 Å². The smallest absolute Gasteiger partial charge is 0.248 e. The van der Waals surface area contributed by atoms with Gasteiger partial charge in [0.25, 0.3) is 0 Å². The molecule has 78 valence electrons. The van der Waals surface area contributed by atoms with Gasteiger partial charge >= 0.3 is 0 Å². The topological polar surface area (TPSA) is 40.5 Å². The third kappa shape index (κ3) is 2.82. The Kier molecular flexibility index (Phi) is 4.10. The number of hydrogen-bond acceptors (Lipinski definition) is 3. The van der Waals surface area contributed by atoms with Gasteiger partial charge in [-0.1, -0.05) is 0 Å². The Hall–Kier alpha value is -0.870. The summed E-state index contributed by atoms with van der Waals surface area (Å²) in [7, 11) is 1.71. The number of nitrogens with zero attached hydrogens (tertiary/aromatic N) is 1. The molecule has 1 N–H and O–H groups in total. The average Bonchev–Trinajstić information content (AvgIpc) is 2.59. The second-order valence-corrected chi connectivity index (χ2v) is 4.25. The number of likely N-dealkylation sites (N-methyl/N-ethyl adjacent to an activating group) is 1. The quantitative estimate of drug-likeness (QED) is 0.812. The molecule has 0 aliphatic rings. The van der Waals surface area contributed by atoms with Crippen LogP contribution >= 0.6 is 11.3 Å². The Morgan fingerprint density at radius 3 is 2.86 bits per heavy atom. The van der Waals surface area contributed by atoms with Crippen LogP contribution in [0.1, 0.15) is 10.4 Å². The SMILES string of the molecule is Cc1ccsc1CCN(C)C(=O)CO. The second-order valence-electron chi connectivity index (χ2n) is 3.25. The predicted octanol–water partition coefficient (Wildman–Crippen LogP) is 1.05. The zero-order chi connectivity index (χ0) is 10.6. The molecule has 1 aromatic heterocycles. The number of hydrogen-bond donors (Lipinski definition) is 1. The van der Waals surface area contributed by atoms with Crippen molar-refractivity contribution in [1.82, 2.24) is 4.90 Å². The van der Waals surface area contributed by atoms with Crippen molar-refractivity contribution in [3.8, 4) is 0 Å². The molecule has 0 radical (unpaired) electrons. The first kappa shape index (κ1) is 11.2. The molecule has 0 atom stereocenters. The second kappa shape index (κ2) is 5.12. The molecule has 0 saturated carbocycles. The number of aliphatic hydroxyl groups is 1. The lowest BCUT2D eigenvalue weighted by Gasteiger charge is -2.15. The monoisotopic (exact) mass is 213 g/mol. The molecular weight excluding hydrogens is 198 g/mol. The summed E-state index contributed by atoms with van der Waals surface area (Å²) in [5.41, 5.74) is 1.28. The summed E-state index contributed by atoms with van der Waals surface area (Å²) in [6, 6.07) is 2.08. The highest BCUT2D eigenvalue weighted by molar-refractivity contribution is 7.10. The van der Waals surface area contributed by atoms with Gasteiger partial charge in [0.2, 0.25) is 5.91 Å². The summed E-state index contributed by atoms with van der Waals surface area (Å²) in [6.07, 6.45) is 0.867. The van der Waals surface area contributed by atoms with Crippen molar-refractivity contribution >= 4 is 17.2 Å². The van der Waals surface area contributed by atoms with Gasteiger partial charge in [0.1, 0.15) is 6.61 Å². The number of carbonyl (C=O) groups excluding carboxylic acids is 1. The average molecular weight is 213 g/mol. The maximum absolute atomic E-state index is 11.0. The van der Waals surface area contributed by atoms with Crippen LogP contribution in [0, 0.1) is 6.92 Å². The Labute approximate surface area is 88.0 Å². The van der Waals surface area contributed by atoms with Crippen molar-refractivity contribution in [3.63, 3.8) is 0 Å². The molecule has 0 unspecified atom stereocenters. The predicted molar refractivity (Wildman–Crippen MR) is 57.5 cm³/mol. The Bertz CT molecular complexity index is 309. The van der Waals surface area contributed by atoms with Crippen LogP contribution in [0.3, 0.4) is 0 Å². The summed E-state index contributed by atoms with van der Waals surface area (Å²) < 4.78 is 0. The van der Waals surface area contributed by atoms with Gasteiger partial charge in [0.15, 0.2) is 0 Å². The number of aryl methyl sites for hydroxylation is 1. The van der Waals surface area contributed by atoms with Crippen molar-refractivity contribution in [3.05, 3.63) is 21.9 Å². The number of amides is 1. The summed E-state index contributed by atoms with van der Waals surface area (Å²) >= 11 is 1.71. The van der Waals surface area contributed by atoms with Crippen molar-refractivity contribution < 1.29 is 9.90 Å². The first-order valence-corrected chi connectivity index (χ1v) is 5.41. The molecule has 0 aliphatic heterocycles. The largest absolute Gasteiger partial charge is 0.387 e. The van der Waals surface area contributed by atoms with Crippen molar-refractivity contribution in [1.29, 1.82) is 0 Å². The van der Waals surface area contributed by atoms with Crippen molar-refractivity contribution in [2.24, 2.45) is 0 Å². The zero-order valence-corrected chi connectivity index (χ0v) is 9.30. The molecule has 1 heterocycles. The van der Waals surface area contributed by atoms with Gasteiger partial charge in [-0.2, -0.15) is 0 Å². The fraction of sp³-hybridized carbons (Fsp3) is 0.500. The molecule has 0 aliphatic carbocycles. The molecule has 0 aromatic carbocycles. The van der Waals surface area contributed by atoms with Crippen LogP contribution in [0.2, 0.25) is 0 Å². The van der Waals surface area contributed by atoms with E-state index >= 15 is 0 Å². The van der Waals surface area contributed by atoms with E-state index in [4.69, 9.17) is 5.11 Å². The maximum atomic E-state index is 11.0. The van der Waals surface area contributed by atoms with E-state index in [9.17, 15) is 4.79 Å². The fourth-order valence-electron chi connectivity index (χ4n) is 1.17. The minimum Gasteiger partial charge on any atom is -0.387 e. The summed E-state index contributed by atoms with van der Waals surface area (Å²) in [5.74, 6) is -0.223. The van der Waals surface area contributed by atoms with Gasteiger partial charge in [-0.05, 0) is 30.4 Å². The third-order valence-electron chi connectivity index (χ3n) is 2.20. The highest BCUT2D eigenvalue weighted by atomic mass is 32.1. The minimum atomic E-state index is -0.403. The lowest BCUT2D eigenvalue weighted by Crippen LogP contribution is -2.30. The van der Waals surface area contributed by atoms with Crippen LogP contribution < -0.4 is 0 Å². The first-order valence-electron chi connectivity index (χ1n) is 4.53. The van der Waals surface area contributed by atoms with E-state index < -0.39 is 6.61 Å². The van der Waals surface area contributed by atoms with Crippen LogP contribution in [0.25, 0.3) is 0 Å². The van der Waals surface area contributed by atoms with E-state index in [0.717, 1.165) is 6.42 Å². The van der Waals surface area contributed by atoms with Crippen LogP contribution in [0.4, 0.5) is 0 Å². The van der Waals surface area contributed by atoms with Gasteiger partial charge in [0, 0.05) is 18.5 Å². The summed E-state index contributed by atoms with van der Waals surface area (Å²) in [6.45, 7) is 2.33. The maximum Gasteiger partial charge on any atom is 0.248 e. The number of carbonyl (C=O) groups is 1. The molecule has 0 spiro atoms. The Balaban J connectivity index is 2.41.